The first-order chi connectivity index (χ1) is 12.1. The van der Waals surface area contributed by atoms with Crippen LogP contribution < -0.4 is 10.3 Å². The first-order valence-electron chi connectivity index (χ1n) is 8.62. The van der Waals surface area contributed by atoms with E-state index in [-0.39, 0.29) is 11.8 Å². The van der Waals surface area contributed by atoms with E-state index in [1.165, 1.54) is 6.42 Å². The number of hydrogen-bond acceptors (Lipinski definition) is 5. The third kappa shape index (κ3) is 2.73. The number of pyridine rings is 1. The van der Waals surface area contributed by atoms with Crippen molar-refractivity contribution in [3.63, 3.8) is 0 Å². The molecule has 0 unspecified atom stereocenters. The molecule has 1 N–H and O–H groups in total. The fourth-order valence-electron chi connectivity index (χ4n) is 3.44. The van der Waals surface area contributed by atoms with Crippen LogP contribution in [0.25, 0.3) is 0 Å². The van der Waals surface area contributed by atoms with Crippen molar-refractivity contribution < 1.29 is 9.59 Å². The van der Waals surface area contributed by atoms with Crippen molar-refractivity contribution in [3.8, 4) is 0 Å². The molecule has 0 atom stereocenters. The van der Waals surface area contributed by atoms with Gasteiger partial charge in [0.15, 0.2) is 0 Å². The van der Waals surface area contributed by atoms with Gasteiger partial charge in [0.2, 0.25) is 0 Å². The van der Waals surface area contributed by atoms with Gasteiger partial charge < -0.3 is 4.90 Å². The van der Waals surface area contributed by atoms with Gasteiger partial charge in [-0.1, -0.05) is 18.2 Å². The van der Waals surface area contributed by atoms with Crippen molar-refractivity contribution in [2.75, 3.05) is 23.4 Å². The van der Waals surface area contributed by atoms with Crippen LogP contribution in [0.1, 0.15) is 45.7 Å². The van der Waals surface area contributed by atoms with Gasteiger partial charge in [-0.15, -0.1) is 0 Å². The van der Waals surface area contributed by atoms with Gasteiger partial charge in [0.1, 0.15) is 5.82 Å². The number of carbonyl (C=O) groups is 2. The van der Waals surface area contributed by atoms with E-state index in [0.717, 1.165) is 36.6 Å². The molecule has 0 bridgehead atoms. The van der Waals surface area contributed by atoms with Gasteiger partial charge in [-0.3, -0.25) is 15.0 Å². The molecule has 0 saturated carbocycles. The number of benzene rings is 1. The molecule has 4 rings (SSSR count). The number of carbonyl (C=O) groups excluding carboxylic acids is 2. The highest BCUT2D eigenvalue weighted by molar-refractivity contribution is 6.24. The quantitative estimate of drug-likeness (QED) is 0.873. The van der Waals surface area contributed by atoms with Crippen LogP contribution in [0.3, 0.4) is 0 Å². The SMILES string of the molecule is Cc1cc2c(c(N3CCCCC3)n1)C(=O)N(Nc1ccccc1)C2=O. The minimum absolute atomic E-state index is 0.326. The zero-order chi connectivity index (χ0) is 17.4. The Labute approximate surface area is 146 Å². The summed E-state index contributed by atoms with van der Waals surface area (Å²) in [6.07, 6.45) is 3.36. The van der Waals surface area contributed by atoms with E-state index in [9.17, 15) is 9.59 Å². The predicted molar refractivity (Wildman–Crippen MR) is 95.6 cm³/mol. The summed E-state index contributed by atoms with van der Waals surface area (Å²) in [6.45, 7) is 3.60. The highest BCUT2D eigenvalue weighted by Gasteiger charge is 2.40. The second kappa shape index (κ2) is 6.20. The Morgan fingerprint density at radius 1 is 1.00 bits per heavy atom. The minimum Gasteiger partial charge on any atom is -0.356 e. The molecule has 128 valence electrons. The summed E-state index contributed by atoms with van der Waals surface area (Å²) in [5, 5.41) is 1.09. The standard InChI is InChI=1S/C19H20N4O2/c1-13-12-15-16(17(20-13)22-10-6-3-7-11-22)19(25)23(18(15)24)21-14-8-4-2-5-9-14/h2,4-5,8-9,12,21H,3,6-7,10-11H2,1H3. The molecule has 3 heterocycles. The molecule has 1 fully saturated rings. The molecule has 6 heteroatoms. The van der Waals surface area contributed by atoms with Crippen molar-refractivity contribution in [3.05, 3.63) is 53.2 Å². The van der Waals surface area contributed by atoms with E-state index in [2.05, 4.69) is 15.3 Å². The van der Waals surface area contributed by atoms with Crippen molar-refractivity contribution in [1.82, 2.24) is 9.99 Å². The lowest BCUT2D eigenvalue weighted by Crippen LogP contribution is -2.36. The fourth-order valence-corrected chi connectivity index (χ4v) is 3.44. The van der Waals surface area contributed by atoms with Crippen LogP contribution in [-0.2, 0) is 0 Å². The first kappa shape index (κ1) is 15.6. The van der Waals surface area contributed by atoms with E-state index in [0.29, 0.717) is 22.6 Å². The maximum atomic E-state index is 13.0. The number of imide groups is 1. The number of para-hydroxylation sites is 1. The van der Waals surface area contributed by atoms with Gasteiger partial charge in [0.05, 0.1) is 16.8 Å². The summed E-state index contributed by atoms with van der Waals surface area (Å²) in [5.41, 5.74) is 5.22. The number of piperidine rings is 1. The van der Waals surface area contributed by atoms with E-state index < -0.39 is 0 Å². The molecule has 0 radical (unpaired) electrons. The van der Waals surface area contributed by atoms with Crippen LogP contribution in [0.2, 0.25) is 0 Å². The Balaban J connectivity index is 1.72. The smallest absolute Gasteiger partial charge is 0.284 e. The molecule has 1 aromatic carbocycles. The third-order valence-corrected chi connectivity index (χ3v) is 4.65. The van der Waals surface area contributed by atoms with E-state index in [4.69, 9.17) is 0 Å². The Hall–Kier alpha value is -2.89. The number of nitrogens with zero attached hydrogens (tertiary/aromatic N) is 3. The van der Waals surface area contributed by atoms with Gasteiger partial charge in [0, 0.05) is 18.8 Å². The maximum absolute atomic E-state index is 13.0. The van der Waals surface area contributed by atoms with Crippen LogP contribution >= 0.6 is 0 Å². The highest BCUT2D eigenvalue weighted by Crippen LogP contribution is 2.32. The van der Waals surface area contributed by atoms with E-state index in [1.54, 1.807) is 6.07 Å². The average molecular weight is 336 g/mol. The number of nitrogens with one attached hydrogen (secondary N) is 1. The Kier molecular flexibility index (Phi) is 3.87. The first-order valence-corrected chi connectivity index (χ1v) is 8.62. The number of hydrogen-bond donors (Lipinski definition) is 1. The molecule has 2 amide bonds. The largest absolute Gasteiger partial charge is 0.356 e. The Morgan fingerprint density at radius 3 is 2.44 bits per heavy atom. The zero-order valence-electron chi connectivity index (χ0n) is 14.2. The van der Waals surface area contributed by atoms with Crippen molar-refractivity contribution in [2.24, 2.45) is 0 Å². The van der Waals surface area contributed by atoms with E-state index in [1.807, 2.05) is 37.3 Å². The van der Waals surface area contributed by atoms with Crippen molar-refractivity contribution in [2.45, 2.75) is 26.2 Å². The lowest BCUT2D eigenvalue weighted by Gasteiger charge is -2.29. The molecule has 2 aromatic rings. The van der Waals surface area contributed by atoms with Gasteiger partial charge in [0.25, 0.3) is 11.8 Å². The van der Waals surface area contributed by atoms with Crippen LogP contribution in [0.4, 0.5) is 11.5 Å². The predicted octanol–water partition coefficient (Wildman–Crippen LogP) is 3.00. The summed E-state index contributed by atoms with van der Waals surface area (Å²) < 4.78 is 0. The lowest BCUT2D eigenvalue weighted by molar-refractivity contribution is 0.0691. The lowest BCUT2D eigenvalue weighted by atomic mass is 10.1. The van der Waals surface area contributed by atoms with Crippen LogP contribution in [-0.4, -0.2) is 34.9 Å². The van der Waals surface area contributed by atoms with Gasteiger partial charge in [-0.2, -0.15) is 5.01 Å². The summed E-state index contributed by atoms with van der Waals surface area (Å²) in [5.74, 6) is -0.0186. The molecule has 0 aliphatic carbocycles. The topological polar surface area (TPSA) is 65.5 Å². The molecule has 2 aliphatic rings. The van der Waals surface area contributed by atoms with Crippen LogP contribution in [0, 0.1) is 6.92 Å². The number of aryl methyl sites for hydroxylation is 1. The molecular formula is C19H20N4O2. The maximum Gasteiger partial charge on any atom is 0.284 e. The summed E-state index contributed by atoms with van der Waals surface area (Å²) in [4.78, 5) is 32.5. The van der Waals surface area contributed by atoms with Crippen LogP contribution in [0.15, 0.2) is 36.4 Å². The molecule has 2 aliphatic heterocycles. The molecule has 25 heavy (non-hydrogen) atoms. The van der Waals surface area contributed by atoms with Gasteiger partial charge in [-0.25, -0.2) is 4.98 Å². The van der Waals surface area contributed by atoms with Crippen LogP contribution in [0.5, 0.6) is 0 Å². The van der Waals surface area contributed by atoms with E-state index >= 15 is 0 Å². The Bertz CT molecular complexity index is 829. The fraction of sp³-hybridized carbons (Fsp3) is 0.316. The average Bonchev–Trinajstić information content (AvgIpc) is 2.87. The number of anilines is 2. The van der Waals surface area contributed by atoms with Gasteiger partial charge in [-0.05, 0) is 44.4 Å². The summed E-state index contributed by atoms with van der Waals surface area (Å²) in [7, 11) is 0. The molecular weight excluding hydrogens is 316 g/mol. The zero-order valence-corrected chi connectivity index (χ0v) is 14.2. The molecule has 1 saturated heterocycles. The van der Waals surface area contributed by atoms with Gasteiger partial charge >= 0.3 is 0 Å². The summed E-state index contributed by atoms with van der Waals surface area (Å²) in [6, 6.07) is 10.9. The second-order valence-corrected chi connectivity index (χ2v) is 6.48. The second-order valence-electron chi connectivity index (χ2n) is 6.48. The minimum atomic E-state index is -0.336. The Morgan fingerprint density at radius 2 is 1.72 bits per heavy atom. The number of hydrazine groups is 1. The monoisotopic (exact) mass is 336 g/mol. The number of amides is 2. The van der Waals surface area contributed by atoms with Crippen molar-refractivity contribution >= 4 is 23.3 Å². The molecule has 6 nitrogen and oxygen atoms in total. The molecule has 1 aromatic heterocycles. The highest BCUT2D eigenvalue weighted by atomic mass is 16.2. The van der Waals surface area contributed by atoms with Crippen molar-refractivity contribution in [1.29, 1.82) is 0 Å². The third-order valence-electron chi connectivity index (χ3n) is 4.65. The summed E-state index contributed by atoms with van der Waals surface area (Å²) >= 11 is 0. The number of rotatable bonds is 3. The molecule has 0 spiro atoms. The number of aromatic nitrogens is 1. The number of fused-ring (bicyclic) bond motifs is 1. The normalized spacial score (nSPS) is 17.0.